The first-order chi connectivity index (χ1) is 10.0. The average molecular weight is 289 g/mol. The van der Waals surface area contributed by atoms with Crippen molar-refractivity contribution in [3.63, 3.8) is 0 Å². The molecule has 0 saturated carbocycles. The fourth-order valence-electron chi connectivity index (χ4n) is 1.73. The Morgan fingerprint density at radius 1 is 1.19 bits per heavy atom. The van der Waals surface area contributed by atoms with E-state index in [0.29, 0.717) is 11.3 Å². The number of nitrogens with zero attached hydrogens (tertiary/aromatic N) is 2. The highest BCUT2D eigenvalue weighted by Gasteiger charge is 2.14. The first-order valence-corrected chi connectivity index (χ1v) is 5.87. The maximum absolute atomic E-state index is 13.2. The molecule has 0 aliphatic carbocycles. The summed E-state index contributed by atoms with van der Waals surface area (Å²) >= 11 is 0. The van der Waals surface area contributed by atoms with Gasteiger partial charge in [0.2, 0.25) is 5.82 Å². The maximum Gasteiger partial charge on any atom is 0.306 e. The highest BCUT2D eigenvalue weighted by molar-refractivity contribution is 5.52. The molecule has 0 unspecified atom stereocenters. The smallest absolute Gasteiger partial charge is 0.306 e. The number of anilines is 1. The van der Waals surface area contributed by atoms with E-state index in [1.165, 1.54) is 24.3 Å². The van der Waals surface area contributed by atoms with Gasteiger partial charge in [-0.1, -0.05) is 6.07 Å². The zero-order valence-electron chi connectivity index (χ0n) is 10.6. The number of hydrogen-bond donors (Lipinski definition) is 1. The fraction of sp³-hybridized carbons (Fsp3) is 0.0714. The first kappa shape index (κ1) is 14.4. The lowest BCUT2D eigenvalue weighted by Crippen LogP contribution is -2.02. The summed E-state index contributed by atoms with van der Waals surface area (Å²) in [5, 5.41) is 22.2. The van der Waals surface area contributed by atoms with Crippen LogP contribution in [-0.2, 0) is 6.54 Å². The molecule has 2 aromatic carbocycles. The monoisotopic (exact) mass is 289 g/mol. The van der Waals surface area contributed by atoms with Gasteiger partial charge in [0.15, 0.2) is 0 Å². The number of nitro benzene ring substituents is 1. The number of rotatable bonds is 4. The third-order valence-corrected chi connectivity index (χ3v) is 2.79. The van der Waals surface area contributed by atoms with Crippen molar-refractivity contribution in [3.05, 3.63) is 69.3 Å². The standard InChI is InChI=1S/C14H9F2N3O2/c15-12-3-1-9(5-10(12)7-17)8-18-11-2-4-13(16)14(6-11)19(20)21/h1-6,18H,8H2. The van der Waals surface area contributed by atoms with Crippen LogP contribution >= 0.6 is 0 Å². The molecule has 0 atom stereocenters. The van der Waals surface area contributed by atoms with Gasteiger partial charge < -0.3 is 5.32 Å². The summed E-state index contributed by atoms with van der Waals surface area (Å²) < 4.78 is 26.3. The molecule has 0 spiro atoms. The molecule has 5 nitrogen and oxygen atoms in total. The first-order valence-electron chi connectivity index (χ1n) is 5.87. The second-order valence-corrected chi connectivity index (χ2v) is 4.20. The van der Waals surface area contributed by atoms with Crippen molar-refractivity contribution >= 4 is 11.4 Å². The van der Waals surface area contributed by atoms with Crippen LogP contribution in [-0.4, -0.2) is 4.92 Å². The van der Waals surface area contributed by atoms with Crippen LogP contribution < -0.4 is 5.32 Å². The molecule has 0 amide bonds. The van der Waals surface area contributed by atoms with Gasteiger partial charge in [0.05, 0.1) is 10.5 Å². The summed E-state index contributed by atoms with van der Waals surface area (Å²) in [5.41, 5.74) is 0.266. The third kappa shape index (κ3) is 3.30. The van der Waals surface area contributed by atoms with Gasteiger partial charge in [-0.2, -0.15) is 9.65 Å². The van der Waals surface area contributed by atoms with Gasteiger partial charge in [-0.15, -0.1) is 0 Å². The van der Waals surface area contributed by atoms with Crippen LogP contribution in [0.15, 0.2) is 36.4 Å². The predicted molar refractivity (Wildman–Crippen MR) is 71.5 cm³/mol. The molecular weight excluding hydrogens is 280 g/mol. The molecule has 0 radical (unpaired) electrons. The molecule has 106 valence electrons. The molecule has 0 aliphatic heterocycles. The lowest BCUT2D eigenvalue weighted by atomic mass is 10.1. The minimum Gasteiger partial charge on any atom is -0.381 e. The Bertz CT molecular complexity index is 741. The van der Waals surface area contributed by atoms with E-state index in [-0.39, 0.29) is 12.1 Å². The molecule has 0 saturated heterocycles. The van der Waals surface area contributed by atoms with Gasteiger partial charge in [0.1, 0.15) is 11.9 Å². The van der Waals surface area contributed by atoms with E-state index >= 15 is 0 Å². The quantitative estimate of drug-likeness (QED) is 0.691. The second kappa shape index (κ2) is 5.96. The lowest BCUT2D eigenvalue weighted by molar-refractivity contribution is -0.387. The van der Waals surface area contributed by atoms with Crippen molar-refractivity contribution in [1.29, 1.82) is 5.26 Å². The number of nitriles is 1. The predicted octanol–water partition coefficient (Wildman–Crippen LogP) is 3.36. The van der Waals surface area contributed by atoms with Crippen molar-refractivity contribution < 1.29 is 13.7 Å². The van der Waals surface area contributed by atoms with E-state index in [4.69, 9.17) is 5.26 Å². The van der Waals surface area contributed by atoms with Crippen LogP contribution in [0.1, 0.15) is 11.1 Å². The molecule has 0 aromatic heterocycles. The summed E-state index contributed by atoms with van der Waals surface area (Å²) in [4.78, 5) is 9.82. The summed E-state index contributed by atoms with van der Waals surface area (Å²) in [6.07, 6.45) is 0. The molecule has 0 bridgehead atoms. The zero-order chi connectivity index (χ0) is 15.4. The highest BCUT2D eigenvalue weighted by atomic mass is 19.1. The Hall–Kier alpha value is -3.01. The lowest BCUT2D eigenvalue weighted by Gasteiger charge is -2.07. The van der Waals surface area contributed by atoms with E-state index in [1.807, 2.05) is 0 Å². The largest absolute Gasteiger partial charge is 0.381 e. The second-order valence-electron chi connectivity index (χ2n) is 4.20. The molecule has 1 N–H and O–H groups in total. The Kier molecular flexibility index (Phi) is 4.09. The zero-order valence-corrected chi connectivity index (χ0v) is 10.6. The van der Waals surface area contributed by atoms with E-state index < -0.39 is 22.2 Å². The minimum absolute atomic E-state index is 0.0839. The van der Waals surface area contributed by atoms with Crippen molar-refractivity contribution in [2.75, 3.05) is 5.32 Å². The Labute approximate surface area is 118 Å². The van der Waals surface area contributed by atoms with Gasteiger partial charge in [-0.05, 0) is 29.8 Å². The van der Waals surface area contributed by atoms with Gasteiger partial charge >= 0.3 is 5.69 Å². The van der Waals surface area contributed by atoms with Crippen LogP contribution in [0.4, 0.5) is 20.2 Å². The number of hydrogen-bond acceptors (Lipinski definition) is 4. The molecule has 7 heteroatoms. The van der Waals surface area contributed by atoms with Gasteiger partial charge in [0, 0.05) is 18.3 Å². The SMILES string of the molecule is N#Cc1cc(CNc2ccc(F)c([N+](=O)[O-])c2)ccc1F. The Morgan fingerprint density at radius 3 is 2.57 bits per heavy atom. The molecule has 0 heterocycles. The summed E-state index contributed by atoms with van der Waals surface area (Å²) in [5.74, 6) is -1.53. The number of benzene rings is 2. The summed E-state index contributed by atoms with van der Waals surface area (Å²) in [6.45, 7) is 0.220. The van der Waals surface area contributed by atoms with Crippen molar-refractivity contribution in [2.24, 2.45) is 0 Å². The fourth-order valence-corrected chi connectivity index (χ4v) is 1.73. The van der Waals surface area contributed by atoms with Crippen molar-refractivity contribution in [3.8, 4) is 6.07 Å². The highest BCUT2D eigenvalue weighted by Crippen LogP contribution is 2.22. The number of nitro groups is 1. The van der Waals surface area contributed by atoms with Crippen molar-refractivity contribution in [2.45, 2.75) is 6.54 Å². The Balaban J connectivity index is 2.15. The van der Waals surface area contributed by atoms with Gasteiger partial charge in [-0.25, -0.2) is 4.39 Å². The maximum atomic E-state index is 13.2. The topological polar surface area (TPSA) is 79.0 Å². The van der Waals surface area contributed by atoms with E-state index in [9.17, 15) is 18.9 Å². The average Bonchev–Trinajstić information content (AvgIpc) is 2.47. The van der Waals surface area contributed by atoms with Crippen LogP contribution in [0.5, 0.6) is 0 Å². The molecular formula is C14H9F2N3O2. The van der Waals surface area contributed by atoms with Crippen LogP contribution in [0.2, 0.25) is 0 Å². The molecule has 2 aromatic rings. The molecule has 2 rings (SSSR count). The molecule has 21 heavy (non-hydrogen) atoms. The minimum atomic E-state index is -0.918. The van der Waals surface area contributed by atoms with Crippen LogP contribution in [0, 0.1) is 33.1 Å². The summed E-state index contributed by atoms with van der Waals surface area (Å²) in [7, 11) is 0. The Morgan fingerprint density at radius 2 is 1.90 bits per heavy atom. The normalized spacial score (nSPS) is 9.95. The van der Waals surface area contributed by atoms with E-state index in [2.05, 4.69) is 5.32 Å². The third-order valence-electron chi connectivity index (χ3n) is 2.79. The van der Waals surface area contributed by atoms with Gasteiger partial charge in [0.25, 0.3) is 0 Å². The van der Waals surface area contributed by atoms with Crippen LogP contribution in [0.3, 0.4) is 0 Å². The van der Waals surface area contributed by atoms with Gasteiger partial charge in [-0.3, -0.25) is 10.1 Å². The number of halogens is 2. The van der Waals surface area contributed by atoms with E-state index in [0.717, 1.165) is 12.1 Å². The molecule has 0 aliphatic rings. The van der Waals surface area contributed by atoms with Crippen molar-refractivity contribution in [1.82, 2.24) is 0 Å². The number of nitrogens with one attached hydrogen (secondary N) is 1. The van der Waals surface area contributed by atoms with Crippen LogP contribution in [0.25, 0.3) is 0 Å². The van der Waals surface area contributed by atoms with E-state index in [1.54, 1.807) is 6.07 Å². The summed E-state index contributed by atoms with van der Waals surface area (Å²) in [6, 6.07) is 9.18. The molecule has 0 fully saturated rings.